The largest absolute Gasteiger partial charge is 0.387 e. The van der Waals surface area contributed by atoms with Gasteiger partial charge in [-0.25, -0.2) is 0 Å². The number of rotatable bonds is 4. The van der Waals surface area contributed by atoms with E-state index in [0.29, 0.717) is 0 Å². The van der Waals surface area contributed by atoms with E-state index in [9.17, 15) is 13.5 Å². The molecule has 0 bridgehead atoms. The number of aliphatic hydroxyl groups is 1. The Kier molecular flexibility index (Phi) is 4.77. The molecule has 0 saturated heterocycles. The average molecular weight is 300 g/mol. The van der Waals surface area contributed by atoms with Crippen molar-refractivity contribution in [3.05, 3.63) is 33.8 Å². The molecule has 0 aliphatic carbocycles. The minimum absolute atomic E-state index is 0.208. The van der Waals surface area contributed by atoms with Crippen LogP contribution in [0.1, 0.15) is 18.6 Å². The van der Waals surface area contributed by atoms with Gasteiger partial charge < -0.3 is 5.11 Å². The van der Waals surface area contributed by atoms with Gasteiger partial charge in [-0.1, -0.05) is 29.3 Å². The molecule has 0 aromatic heterocycles. The number of aliphatic hydroxyl groups excluding tert-OH is 1. The molecule has 1 aromatic carbocycles. The van der Waals surface area contributed by atoms with E-state index in [1.807, 2.05) is 4.72 Å². The summed E-state index contributed by atoms with van der Waals surface area (Å²) in [4.78, 5) is 0. The first kappa shape index (κ1) is 14.7. The minimum atomic E-state index is -4.40. The van der Waals surface area contributed by atoms with E-state index in [2.05, 4.69) is 0 Å². The highest BCUT2D eigenvalue weighted by molar-refractivity contribution is 7.83. The summed E-state index contributed by atoms with van der Waals surface area (Å²) in [5.74, 6) is 0. The number of hydrogen-bond donors (Lipinski definition) is 3. The van der Waals surface area contributed by atoms with E-state index in [0.717, 1.165) is 0 Å². The van der Waals surface area contributed by atoms with Crippen LogP contribution >= 0.6 is 23.2 Å². The molecule has 1 aromatic rings. The van der Waals surface area contributed by atoms with Crippen molar-refractivity contribution in [1.82, 2.24) is 4.72 Å². The summed E-state index contributed by atoms with van der Waals surface area (Å²) in [6.45, 7) is 1.37. The molecule has 17 heavy (non-hydrogen) atoms. The van der Waals surface area contributed by atoms with Gasteiger partial charge in [-0.3, -0.25) is 4.55 Å². The Morgan fingerprint density at radius 1 is 1.29 bits per heavy atom. The molecular formula is C9H11Cl2NO4S. The van der Waals surface area contributed by atoms with Gasteiger partial charge in [0.05, 0.1) is 12.1 Å². The van der Waals surface area contributed by atoms with Crippen LogP contribution in [0, 0.1) is 0 Å². The molecule has 0 aliphatic heterocycles. The van der Waals surface area contributed by atoms with E-state index in [1.165, 1.54) is 19.1 Å². The zero-order valence-corrected chi connectivity index (χ0v) is 11.1. The summed E-state index contributed by atoms with van der Waals surface area (Å²) in [6, 6.07) is 3.67. The van der Waals surface area contributed by atoms with Crippen LogP contribution in [-0.4, -0.2) is 24.1 Å². The van der Waals surface area contributed by atoms with Crippen molar-refractivity contribution in [2.75, 3.05) is 0 Å². The highest BCUT2D eigenvalue weighted by Crippen LogP contribution is 2.31. The van der Waals surface area contributed by atoms with Gasteiger partial charge in [-0.05, 0) is 19.1 Å². The summed E-state index contributed by atoms with van der Waals surface area (Å²) in [6.07, 6.45) is -1.27. The molecule has 0 heterocycles. The van der Waals surface area contributed by atoms with E-state index in [1.54, 1.807) is 6.07 Å². The van der Waals surface area contributed by atoms with E-state index in [4.69, 9.17) is 27.8 Å². The lowest BCUT2D eigenvalue weighted by molar-refractivity contribution is 0.145. The molecule has 3 N–H and O–H groups in total. The molecule has 0 fully saturated rings. The van der Waals surface area contributed by atoms with Crippen LogP contribution in [0.25, 0.3) is 0 Å². The average Bonchev–Trinajstić information content (AvgIpc) is 2.14. The maximum atomic E-state index is 10.6. The normalized spacial score (nSPS) is 15.6. The first-order valence-electron chi connectivity index (χ1n) is 4.59. The lowest BCUT2D eigenvalue weighted by Crippen LogP contribution is -2.36. The predicted octanol–water partition coefficient (Wildman–Crippen LogP) is 1.81. The molecular weight excluding hydrogens is 289 g/mol. The van der Waals surface area contributed by atoms with E-state index in [-0.39, 0.29) is 15.6 Å². The zero-order chi connectivity index (χ0) is 13.2. The lowest BCUT2D eigenvalue weighted by Gasteiger charge is -2.20. The van der Waals surface area contributed by atoms with Crippen molar-refractivity contribution in [3.63, 3.8) is 0 Å². The van der Waals surface area contributed by atoms with Crippen LogP contribution in [0.2, 0.25) is 10.0 Å². The second kappa shape index (κ2) is 5.51. The molecule has 0 unspecified atom stereocenters. The van der Waals surface area contributed by atoms with Crippen molar-refractivity contribution in [1.29, 1.82) is 0 Å². The second-order valence-corrected chi connectivity index (χ2v) is 5.46. The molecule has 0 amide bonds. The third-order valence-corrected chi connectivity index (χ3v) is 3.43. The van der Waals surface area contributed by atoms with Gasteiger partial charge in [0.2, 0.25) is 0 Å². The van der Waals surface area contributed by atoms with E-state index < -0.39 is 22.4 Å². The van der Waals surface area contributed by atoms with Crippen molar-refractivity contribution in [2.24, 2.45) is 0 Å². The fourth-order valence-electron chi connectivity index (χ4n) is 1.34. The minimum Gasteiger partial charge on any atom is -0.387 e. The number of benzene rings is 1. The molecule has 0 spiro atoms. The van der Waals surface area contributed by atoms with Crippen molar-refractivity contribution in [3.8, 4) is 0 Å². The number of nitrogens with one attached hydrogen (secondary N) is 1. The fraction of sp³-hybridized carbons (Fsp3) is 0.333. The van der Waals surface area contributed by atoms with Crippen molar-refractivity contribution in [2.45, 2.75) is 19.1 Å². The third-order valence-electron chi connectivity index (χ3n) is 2.10. The smallest absolute Gasteiger partial charge is 0.333 e. The Labute approximate surface area is 109 Å². The molecule has 8 heteroatoms. The Morgan fingerprint density at radius 2 is 1.76 bits per heavy atom. The molecule has 0 saturated carbocycles. The maximum absolute atomic E-state index is 10.6. The quantitative estimate of drug-likeness (QED) is 0.740. The van der Waals surface area contributed by atoms with Crippen molar-refractivity contribution < 1.29 is 18.1 Å². The first-order chi connectivity index (χ1) is 7.72. The topological polar surface area (TPSA) is 86.6 Å². The third kappa shape index (κ3) is 4.09. The molecule has 5 nitrogen and oxygen atoms in total. The lowest BCUT2D eigenvalue weighted by atomic mass is 10.0. The SMILES string of the molecule is C[C@H](NS(=O)(=O)O)[C@H](O)c1c(Cl)cccc1Cl. The van der Waals surface area contributed by atoms with Crippen molar-refractivity contribution >= 4 is 33.5 Å². The molecule has 96 valence electrons. The Balaban J connectivity index is 3.00. The number of halogens is 2. The maximum Gasteiger partial charge on any atom is 0.333 e. The summed E-state index contributed by atoms with van der Waals surface area (Å²) >= 11 is 11.7. The number of hydrogen-bond acceptors (Lipinski definition) is 3. The first-order valence-corrected chi connectivity index (χ1v) is 6.78. The van der Waals surface area contributed by atoms with Crippen LogP contribution < -0.4 is 4.72 Å². The van der Waals surface area contributed by atoms with Gasteiger partial charge in [0.1, 0.15) is 0 Å². The summed E-state index contributed by atoms with van der Waals surface area (Å²) in [5.41, 5.74) is 0.208. The highest BCUT2D eigenvalue weighted by Gasteiger charge is 2.24. The summed E-state index contributed by atoms with van der Waals surface area (Å²) in [5, 5.41) is 10.3. The Hall–Kier alpha value is -0.370. The van der Waals surface area contributed by atoms with Crippen LogP contribution in [0.15, 0.2) is 18.2 Å². The van der Waals surface area contributed by atoms with Gasteiger partial charge in [-0.2, -0.15) is 13.1 Å². The van der Waals surface area contributed by atoms with E-state index >= 15 is 0 Å². The highest BCUT2D eigenvalue weighted by atomic mass is 35.5. The summed E-state index contributed by atoms with van der Waals surface area (Å²) in [7, 11) is -4.40. The Morgan fingerprint density at radius 3 is 2.18 bits per heavy atom. The van der Waals surface area contributed by atoms with Gasteiger partial charge >= 0.3 is 10.3 Å². The molecule has 1 rings (SSSR count). The predicted molar refractivity (Wildman–Crippen MR) is 65.6 cm³/mol. The van der Waals surface area contributed by atoms with Crippen LogP contribution in [-0.2, 0) is 10.3 Å². The fourth-order valence-corrected chi connectivity index (χ4v) is 2.56. The second-order valence-electron chi connectivity index (χ2n) is 3.46. The van der Waals surface area contributed by atoms with Crippen LogP contribution in [0.5, 0.6) is 0 Å². The molecule has 0 radical (unpaired) electrons. The van der Waals surface area contributed by atoms with Gasteiger partial charge in [0.15, 0.2) is 0 Å². The van der Waals surface area contributed by atoms with Gasteiger partial charge in [-0.15, -0.1) is 0 Å². The standard InChI is InChI=1S/C9H11Cl2NO4S/c1-5(12-17(14,15)16)9(13)8-6(10)3-2-4-7(8)11/h2-5,9,12-13H,1H3,(H,14,15,16)/t5-,9-/m0/s1. The molecule has 0 aliphatic rings. The van der Waals surface area contributed by atoms with Gasteiger partial charge in [0.25, 0.3) is 0 Å². The van der Waals surface area contributed by atoms with Gasteiger partial charge in [0, 0.05) is 15.6 Å². The monoisotopic (exact) mass is 299 g/mol. The van der Waals surface area contributed by atoms with Crippen LogP contribution in [0.4, 0.5) is 0 Å². The zero-order valence-electron chi connectivity index (χ0n) is 8.76. The molecule has 2 atom stereocenters. The summed E-state index contributed by atoms with van der Waals surface area (Å²) < 4.78 is 31.7. The van der Waals surface area contributed by atoms with Crippen LogP contribution in [0.3, 0.4) is 0 Å². The Bertz CT molecular complexity index is 485.